The number of hydrogen-bond acceptors (Lipinski definition) is 4. The number of carbonyl (C=O) groups is 1. The van der Waals surface area contributed by atoms with Gasteiger partial charge in [-0.3, -0.25) is 4.79 Å². The number of halogens is 1. The molecule has 2 rings (SSSR count). The fourth-order valence-electron chi connectivity index (χ4n) is 1.86. The molecular formula is C14H16ClN3OS. The number of hydrogen-bond donors (Lipinski definition) is 2. The summed E-state index contributed by atoms with van der Waals surface area (Å²) in [5, 5.41) is 10.3. The van der Waals surface area contributed by atoms with E-state index in [2.05, 4.69) is 27.1 Å². The molecule has 0 aliphatic carbocycles. The van der Waals surface area contributed by atoms with Crippen LogP contribution in [0.1, 0.15) is 22.8 Å². The van der Waals surface area contributed by atoms with E-state index in [1.165, 1.54) is 11.8 Å². The molecule has 1 amide bonds. The van der Waals surface area contributed by atoms with Crippen molar-refractivity contribution in [3.63, 3.8) is 0 Å². The Bertz CT molecular complexity index is 586. The number of nitrogens with one attached hydrogen (secondary N) is 2. The standard InChI is InChI=1S/C14H16ClN3OS/c1-9(5-10-3-4-20-8-10)18-14(19)11-6-13(16-2)17-7-12(11)15/h3-4,6-9H,5H2,1-2H3,(H,16,17)(H,18,19). The third-order valence-corrected chi connectivity index (χ3v) is 3.89. The van der Waals surface area contributed by atoms with Crippen molar-refractivity contribution in [2.24, 2.45) is 0 Å². The van der Waals surface area contributed by atoms with Crippen LogP contribution in [0.2, 0.25) is 5.02 Å². The second kappa shape index (κ2) is 6.72. The van der Waals surface area contributed by atoms with Crippen LogP contribution < -0.4 is 10.6 Å². The molecule has 0 saturated heterocycles. The predicted octanol–water partition coefficient (Wildman–Crippen LogP) is 3.20. The maximum absolute atomic E-state index is 12.2. The van der Waals surface area contributed by atoms with Crippen molar-refractivity contribution in [2.75, 3.05) is 12.4 Å². The molecule has 6 heteroatoms. The monoisotopic (exact) mass is 309 g/mol. The Labute approximate surface area is 127 Å². The van der Waals surface area contributed by atoms with E-state index in [1.807, 2.05) is 12.3 Å². The van der Waals surface area contributed by atoms with E-state index in [-0.39, 0.29) is 11.9 Å². The summed E-state index contributed by atoms with van der Waals surface area (Å²) in [5.41, 5.74) is 1.66. The van der Waals surface area contributed by atoms with Gasteiger partial charge in [0.25, 0.3) is 5.91 Å². The number of anilines is 1. The first-order valence-electron chi connectivity index (χ1n) is 6.25. The summed E-state index contributed by atoms with van der Waals surface area (Å²) >= 11 is 7.68. The molecule has 0 aliphatic heterocycles. The molecule has 0 spiro atoms. The topological polar surface area (TPSA) is 54.0 Å². The zero-order valence-corrected chi connectivity index (χ0v) is 12.9. The molecule has 0 fully saturated rings. The van der Waals surface area contributed by atoms with Crippen molar-refractivity contribution in [3.8, 4) is 0 Å². The van der Waals surface area contributed by atoms with E-state index in [0.717, 1.165) is 6.42 Å². The first kappa shape index (κ1) is 14.8. The summed E-state index contributed by atoms with van der Waals surface area (Å²) in [6, 6.07) is 3.75. The average Bonchev–Trinajstić information content (AvgIpc) is 2.91. The molecule has 2 aromatic heterocycles. The number of aromatic nitrogens is 1. The lowest BCUT2D eigenvalue weighted by atomic mass is 10.1. The Morgan fingerprint density at radius 2 is 2.35 bits per heavy atom. The predicted molar refractivity (Wildman–Crippen MR) is 83.7 cm³/mol. The normalized spacial score (nSPS) is 11.9. The molecule has 106 valence electrons. The van der Waals surface area contributed by atoms with Crippen molar-refractivity contribution >= 4 is 34.7 Å². The summed E-state index contributed by atoms with van der Waals surface area (Å²) < 4.78 is 0. The van der Waals surface area contributed by atoms with E-state index in [0.29, 0.717) is 16.4 Å². The quantitative estimate of drug-likeness (QED) is 0.892. The molecule has 1 unspecified atom stereocenters. The first-order valence-corrected chi connectivity index (χ1v) is 7.57. The number of rotatable bonds is 5. The van der Waals surface area contributed by atoms with E-state index >= 15 is 0 Å². The van der Waals surface area contributed by atoms with Crippen LogP contribution in [0.15, 0.2) is 29.1 Å². The second-order valence-electron chi connectivity index (χ2n) is 4.51. The van der Waals surface area contributed by atoms with Gasteiger partial charge in [-0.05, 0) is 41.8 Å². The van der Waals surface area contributed by atoms with Gasteiger partial charge in [-0.2, -0.15) is 11.3 Å². The van der Waals surface area contributed by atoms with Crippen LogP contribution >= 0.6 is 22.9 Å². The van der Waals surface area contributed by atoms with E-state index < -0.39 is 0 Å². The van der Waals surface area contributed by atoms with Crippen LogP contribution in [0.3, 0.4) is 0 Å². The molecule has 2 N–H and O–H groups in total. The number of carbonyl (C=O) groups excluding carboxylic acids is 1. The molecule has 2 aromatic rings. The minimum atomic E-state index is -0.184. The fourth-order valence-corrected chi connectivity index (χ4v) is 2.74. The van der Waals surface area contributed by atoms with Crippen LogP contribution in [0.25, 0.3) is 0 Å². The highest BCUT2D eigenvalue weighted by Gasteiger charge is 2.14. The molecule has 0 radical (unpaired) electrons. The Morgan fingerprint density at radius 3 is 3.00 bits per heavy atom. The SMILES string of the molecule is CNc1cc(C(=O)NC(C)Cc2ccsc2)c(Cl)cn1. The second-order valence-corrected chi connectivity index (χ2v) is 5.70. The third-order valence-electron chi connectivity index (χ3n) is 2.86. The highest BCUT2D eigenvalue weighted by molar-refractivity contribution is 7.07. The minimum absolute atomic E-state index is 0.0411. The van der Waals surface area contributed by atoms with Crippen LogP contribution in [0.5, 0.6) is 0 Å². The molecule has 0 aromatic carbocycles. The molecule has 0 aliphatic rings. The van der Waals surface area contributed by atoms with Gasteiger partial charge in [0, 0.05) is 19.3 Å². The van der Waals surface area contributed by atoms with Gasteiger partial charge in [0.1, 0.15) is 5.82 Å². The van der Waals surface area contributed by atoms with Crippen LogP contribution in [0.4, 0.5) is 5.82 Å². The van der Waals surface area contributed by atoms with Gasteiger partial charge in [0.05, 0.1) is 10.6 Å². The van der Waals surface area contributed by atoms with Crippen molar-refractivity contribution < 1.29 is 4.79 Å². The lowest BCUT2D eigenvalue weighted by Crippen LogP contribution is -2.34. The fraction of sp³-hybridized carbons (Fsp3) is 0.286. The number of thiophene rings is 1. The van der Waals surface area contributed by atoms with Crippen molar-refractivity contribution in [1.29, 1.82) is 0 Å². The number of pyridine rings is 1. The maximum Gasteiger partial charge on any atom is 0.253 e. The van der Waals surface area contributed by atoms with Gasteiger partial charge in [-0.15, -0.1) is 0 Å². The van der Waals surface area contributed by atoms with Gasteiger partial charge < -0.3 is 10.6 Å². The molecular weight excluding hydrogens is 294 g/mol. The van der Waals surface area contributed by atoms with Crippen molar-refractivity contribution in [1.82, 2.24) is 10.3 Å². The summed E-state index contributed by atoms with van der Waals surface area (Å²) in [4.78, 5) is 16.3. The smallest absolute Gasteiger partial charge is 0.253 e. The summed E-state index contributed by atoms with van der Waals surface area (Å²) in [6.07, 6.45) is 2.28. The van der Waals surface area contributed by atoms with Crippen LogP contribution in [-0.2, 0) is 6.42 Å². The molecule has 1 atom stereocenters. The van der Waals surface area contributed by atoms with Gasteiger partial charge >= 0.3 is 0 Å². The summed E-state index contributed by atoms with van der Waals surface area (Å²) in [6.45, 7) is 1.98. The van der Waals surface area contributed by atoms with Gasteiger partial charge in [-0.1, -0.05) is 11.6 Å². The zero-order chi connectivity index (χ0) is 14.5. The highest BCUT2D eigenvalue weighted by atomic mass is 35.5. The Morgan fingerprint density at radius 1 is 1.55 bits per heavy atom. The molecule has 2 heterocycles. The lowest BCUT2D eigenvalue weighted by Gasteiger charge is -2.14. The van der Waals surface area contributed by atoms with Crippen LogP contribution in [0, 0.1) is 0 Å². The minimum Gasteiger partial charge on any atom is -0.373 e. The first-order chi connectivity index (χ1) is 9.60. The summed E-state index contributed by atoms with van der Waals surface area (Å²) in [7, 11) is 1.75. The van der Waals surface area contributed by atoms with E-state index in [4.69, 9.17) is 11.6 Å². The third kappa shape index (κ3) is 3.71. The maximum atomic E-state index is 12.2. The number of amides is 1. The van der Waals surface area contributed by atoms with E-state index in [9.17, 15) is 4.79 Å². The van der Waals surface area contributed by atoms with Gasteiger partial charge in [0.2, 0.25) is 0 Å². The Kier molecular flexibility index (Phi) is 4.98. The number of nitrogens with zero attached hydrogens (tertiary/aromatic N) is 1. The van der Waals surface area contributed by atoms with Crippen molar-refractivity contribution in [2.45, 2.75) is 19.4 Å². The lowest BCUT2D eigenvalue weighted by molar-refractivity contribution is 0.0940. The molecule has 0 saturated carbocycles. The van der Waals surface area contributed by atoms with Gasteiger partial charge in [-0.25, -0.2) is 4.98 Å². The summed E-state index contributed by atoms with van der Waals surface area (Å²) in [5.74, 6) is 0.432. The molecule has 4 nitrogen and oxygen atoms in total. The largest absolute Gasteiger partial charge is 0.373 e. The molecule has 0 bridgehead atoms. The average molecular weight is 310 g/mol. The van der Waals surface area contributed by atoms with Crippen LogP contribution in [-0.4, -0.2) is 24.0 Å². The van der Waals surface area contributed by atoms with E-state index in [1.54, 1.807) is 24.5 Å². The zero-order valence-electron chi connectivity index (χ0n) is 11.3. The Hall–Kier alpha value is -1.59. The Balaban J connectivity index is 2.04. The highest BCUT2D eigenvalue weighted by Crippen LogP contribution is 2.18. The van der Waals surface area contributed by atoms with Crippen molar-refractivity contribution in [3.05, 3.63) is 45.2 Å². The molecule has 20 heavy (non-hydrogen) atoms. The van der Waals surface area contributed by atoms with Gasteiger partial charge in [0.15, 0.2) is 0 Å².